The number of nitrogens with two attached hydrogens (primary N) is 1. The molecule has 0 fully saturated rings. The van der Waals surface area contributed by atoms with Crippen LogP contribution in [0.4, 0.5) is 5.69 Å². The van der Waals surface area contributed by atoms with Gasteiger partial charge in [0.15, 0.2) is 5.82 Å². The summed E-state index contributed by atoms with van der Waals surface area (Å²) < 4.78 is 6.84. The van der Waals surface area contributed by atoms with Crippen molar-refractivity contribution in [1.82, 2.24) is 19.7 Å². The van der Waals surface area contributed by atoms with Crippen LogP contribution in [0.5, 0.6) is 5.88 Å². The molecule has 3 rings (SSSR count). The van der Waals surface area contributed by atoms with E-state index in [0.717, 1.165) is 11.1 Å². The minimum absolute atomic E-state index is 0.508. The summed E-state index contributed by atoms with van der Waals surface area (Å²) in [5.41, 5.74) is 8.58. The predicted octanol–water partition coefficient (Wildman–Crippen LogP) is 2.23. The summed E-state index contributed by atoms with van der Waals surface area (Å²) in [6, 6.07) is 9.41. The van der Waals surface area contributed by atoms with Gasteiger partial charge in [-0.25, -0.2) is 9.67 Å². The van der Waals surface area contributed by atoms with Gasteiger partial charge in [-0.05, 0) is 13.0 Å². The fourth-order valence-corrected chi connectivity index (χ4v) is 2.09. The number of para-hydroxylation sites is 1. The van der Waals surface area contributed by atoms with Crippen LogP contribution in [0.2, 0.25) is 0 Å². The van der Waals surface area contributed by atoms with Gasteiger partial charge in [0, 0.05) is 29.1 Å². The zero-order valence-electron chi connectivity index (χ0n) is 11.8. The molecule has 0 saturated heterocycles. The van der Waals surface area contributed by atoms with E-state index in [1.807, 2.05) is 37.4 Å². The van der Waals surface area contributed by atoms with E-state index < -0.39 is 0 Å². The molecule has 0 unspecified atom stereocenters. The van der Waals surface area contributed by atoms with Crippen LogP contribution < -0.4 is 10.5 Å². The topological polar surface area (TPSA) is 78.9 Å². The Labute approximate surface area is 122 Å². The number of nitrogen functional groups attached to an aromatic ring is 1. The van der Waals surface area contributed by atoms with Gasteiger partial charge in [-0.2, -0.15) is 10.1 Å². The fraction of sp³-hybridized carbons (Fsp3) is 0.133. The van der Waals surface area contributed by atoms with E-state index in [-0.39, 0.29) is 0 Å². The van der Waals surface area contributed by atoms with Crippen LogP contribution in [0, 0.1) is 6.92 Å². The van der Waals surface area contributed by atoms with Crippen molar-refractivity contribution in [3.05, 3.63) is 48.5 Å². The van der Waals surface area contributed by atoms with E-state index in [9.17, 15) is 0 Å². The Balaban J connectivity index is 2.03. The van der Waals surface area contributed by atoms with Crippen molar-refractivity contribution in [2.75, 3.05) is 12.8 Å². The highest BCUT2D eigenvalue weighted by molar-refractivity contribution is 5.75. The van der Waals surface area contributed by atoms with E-state index in [0.29, 0.717) is 23.2 Å². The van der Waals surface area contributed by atoms with Crippen LogP contribution in [0.25, 0.3) is 16.9 Å². The Morgan fingerprint density at radius 2 is 2.00 bits per heavy atom. The molecule has 0 spiro atoms. The smallest absolute Gasteiger partial charge is 0.218 e. The number of benzene rings is 1. The largest absolute Gasteiger partial charge is 0.481 e. The van der Waals surface area contributed by atoms with Crippen molar-refractivity contribution >= 4 is 5.69 Å². The number of hydrogen-bond acceptors (Lipinski definition) is 5. The molecule has 3 aromatic rings. The highest BCUT2D eigenvalue weighted by atomic mass is 16.5. The highest BCUT2D eigenvalue weighted by Crippen LogP contribution is 2.25. The molecule has 0 radical (unpaired) electrons. The van der Waals surface area contributed by atoms with Gasteiger partial charge >= 0.3 is 0 Å². The Hall–Kier alpha value is -2.89. The molecule has 0 amide bonds. The lowest BCUT2D eigenvalue weighted by Gasteiger charge is -2.05. The molecule has 2 heterocycles. The van der Waals surface area contributed by atoms with Crippen molar-refractivity contribution in [2.24, 2.45) is 0 Å². The molecule has 6 heteroatoms. The molecule has 0 atom stereocenters. The first-order chi connectivity index (χ1) is 10.2. The van der Waals surface area contributed by atoms with E-state index in [1.165, 1.54) is 0 Å². The van der Waals surface area contributed by atoms with Crippen LogP contribution in [-0.2, 0) is 0 Å². The van der Waals surface area contributed by atoms with Gasteiger partial charge in [-0.15, -0.1) is 0 Å². The zero-order valence-corrected chi connectivity index (χ0v) is 11.8. The Morgan fingerprint density at radius 3 is 2.76 bits per heavy atom. The summed E-state index contributed by atoms with van der Waals surface area (Å²) in [4.78, 5) is 8.52. The van der Waals surface area contributed by atoms with Crippen molar-refractivity contribution in [3.8, 4) is 22.8 Å². The summed E-state index contributed by atoms with van der Waals surface area (Å²) in [7, 11) is 1.57. The second-order valence-electron chi connectivity index (χ2n) is 4.58. The lowest BCUT2D eigenvalue weighted by atomic mass is 10.1. The molecule has 6 nitrogen and oxygen atoms in total. The molecule has 1 aromatic carbocycles. The number of rotatable bonds is 3. The van der Waals surface area contributed by atoms with Gasteiger partial charge in [-0.3, -0.25) is 0 Å². The first-order valence-corrected chi connectivity index (χ1v) is 6.47. The quantitative estimate of drug-likeness (QED) is 0.745. The average molecular weight is 281 g/mol. The minimum Gasteiger partial charge on any atom is -0.481 e. The molecule has 21 heavy (non-hydrogen) atoms. The Bertz CT molecular complexity index is 781. The second-order valence-corrected chi connectivity index (χ2v) is 4.58. The summed E-state index contributed by atoms with van der Waals surface area (Å²) >= 11 is 0. The van der Waals surface area contributed by atoms with Crippen LogP contribution in [0.1, 0.15) is 5.82 Å². The number of methoxy groups -OCH3 is 1. The Kier molecular flexibility index (Phi) is 3.27. The van der Waals surface area contributed by atoms with Gasteiger partial charge in [0.2, 0.25) is 5.88 Å². The van der Waals surface area contributed by atoms with Crippen LogP contribution in [0.3, 0.4) is 0 Å². The van der Waals surface area contributed by atoms with E-state index in [4.69, 9.17) is 10.5 Å². The molecule has 2 N–H and O–H groups in total. The predicted molar refractivity (Wildman–Crippen MR) is 80.3 cm³/mol. The monoisotopic (exact) mass is 281 g/mol. The van der Waals surface area contributed by atoms with E-state index >= 15 is 0 Å². The number of aromatic nitrogens is 4. The van der Waals surface area contributed by atoms with Gasteiger partial charge < -0.3 is 10.5 Å². The lowest BCUT2D eigenvalue weighted by molar-refractivity contribution is 0.395. The standard InChI is InChI=1S/C15H15N5O/c1-10-18-14(7-15(19-10)21-2)20-9-11(8-17-20)12-5-3-4-6-13(12)16/h3-9H,16H2,1-2H3. The van der Waals surface area contributed by atoms with Crippen LogP contribution in [-0.4, -0.2) is 26.9 Å². The lowest BCUT2D eigenvalue weighted by Crippen LogP contribution is -2.02. The molecule has 106 valence electrons. The van der Waals surface area contributed by atoms with Gasteiger partial charge in [0.05, 0.1) is 13.3 Å². The molecule has 2 aromatic heterocycles. The maximum atomic E-state index is 5.99. The summed E-state index contributed by atoms with van der Waals surface area (Å²) in [5, 5.41) is 4.34. The number of anilines is 1. The maximum absolute atomic E-state index is 5.99. The third-order valence-electron chi connectivity index (χ3n) is 3.10. The van der Waals surface area contributed by atoms with E-state index in [1.54, 1.807) is 24.1 Å². The number of hydrogen-bond donors (Lipinski definition) is 1. The Morgan fingerprint density at radius 1 is 1.19 bits per heavy atom. The molecular weight excluding hydrogens is 266 g/mol. The molecule has 0 bridgehead atoms. The molecule has 0 aliphatic rings. The third kappa shape index (κ3) is 2.55. The second kappa shape index (κ2) is 5.24. The summed E-state index contributed by atoms with van der Waals surface area (Å²) in [5.74, 6) is 1.79. The van der Waals surface area contributed by atoms with Crippen molar-refractivity contribution in [3.63, 3.8) is 0 Å². The zero-order chi connectivity index (χ0) is 14.8. The number of nitrogens with zero attached hydrogens (tertiary/aromatic N) is 4. The number of aryl methyl sites for hydroxylation is 1. The maximum Gasteiger partial charge on any atom is 0.218 e. The fourth-order valence-electron chi connectivity index (χ4n) is 2.09. The number of ether oxygens (including phenoxy) is 1. The van der Waals surface area contributed by atoms with Gasteiger partial charge in [0.25, 0.3) is 0 Å². The summed E-state index contributed by atoms with van der Waals surface area (Å²) in [6.45, 7) is 1.81. The SMILES string of the molecule is COc1cc(-n2cc(-c3ccccc3N)cn2)nc(C)n1. The third-order valence-corrected chi connectivity index (χ3v) is 3.10. The normalized spacial score (nSPS) is 10.6. The molecule has 0 aliphatic carbocycles. The van der Waals surface area contributed by atoms with Crippen molar-refractivity contribution in [2.45, 2.75) is 6.92 Å². The van der Waals surface area contributed by atoms with E-state index in [2.05, 4.69) is 15.1 Å². The van der Waals surface area contributed by atoms with Gasteiger partial charge in [-0.1, -0.05) is 18.2 Å². The first kappa shape index (κ1) is 13.1. The average Bonchev–Trinajstić information content (AvgIpc) is 2.96. The molecule has 0 aliphatic heterocycles. The molecule has 0 saturated carbocycles. The minimum atomic E-state index is 0.508. The van der Waals surface area contributed by atoms with Crippen molar-refractivity contribution < 1.29 is 4.74 Å². The highest BCUT2D eigenvalue weighted by Gasteiger charge is 2.09. The summed E-state index contributed by atoms with van der Waals surface area (Å²) in [6.07, 6.45) is 3.64. The first-order valence-electron chi connectivity index (χ1n) is 6.47. The van der Waals surface area contributed by atoms with Crippen molar-refractivity contribution in [1.29, 1.82) is 0 Å². The van der Waals surface area contributed by atoms with Gasteiger partial charge in [0.1, 0.15) is 5.82 Å². The van der Waals surface area contributed by atoms with Crippen LogP contribution in [0.15, 0.2) is 42.7 Å². The van der Waals surface area contributed by atoms with Crippen LogP contribution >= 0.6 is 0 Å². The molecular formula is C15H15N5O.